The zero-order chi connectivity index (χ0) is 28.7. The first-order valence-corrected chi connectivity index (χ1v) is 13.7. The van der Waals surface area contributed by atoms with Crippen LogP contribution in [0.25, 0.3) is 0 Å². The van der Waals surface area contributed by atoms with Crippen molar-refractivity contribution < 1.29 is 24.2 Å². The average Bonchev–Trinajstić information content (AvgIpc) is 3.56. The van der Waals surface area contributed by atoms with Crippen LogP contribution in [0.4, 0.5) is 0 Å². The molecule has 1 fully saturated rings. The minimum absolute atomic E-state index is 0.00963. The lowest BCUT2D eigenvalue weighted by atomic mass is 9.92. The van der Waals surface area contributed by atoms with Crippen LogP contribution in [-0.2, 0) is 20.7 Å². The standard InChI is InChI=1S/C30H42N4O5/c1-18(2)28-20(4)11-12-27(36)31-13-7-9-19(3)15-25(35)22(6)21(5)16-26-32-17-23(33-26)29(37)34-14-8-10-24(34)30(38)39-28/h7,9,11-12,15,17-18,20,22,24-25,28,35H,5,8,10,13-14,16H2,1-4,6H3,(H,31,36)(H,32,33)/b9-7+,12-11+,19-15+/t20-,22-,24-,25-,28-/m1/s1. The van der Waals surface area contributed by atoms with Gasteiger partial charge in [-0.1, -0.05) is 69.7 Å². The van der Waals surface area contributed by atoms with Crippen LogP contribution in [0.2, 0.25) is 0 Å². The van der Waals surface area contributed by atoms with Crippen LogP contribution in [0.1, 0.15) is 63.8 Å². The van der Waals surface area contributed by atoms with E-state index in [1.54, 1.807) is 17.1 Å². The van der Waals surface area contributed by atoms with Crippen molar-refractivity contribution in [3.8, 4) is 0 Å². The molecule has 0 radical (unpaired) electrons. The number of hydrogen-bond donors (Lipinski definition) is 3. The molecule has 3 rings (SSSR count). The highest BCUT2D eigenvalue weighted by atomic mass is 16.5. The van der Waals surface area contributed by atoms with Crippen LogP contribution >= 0.6 is 0 Å². The Hall–Kier alpha value is -3.46. The molecule has 2 bridgehead atoms. The van der Waals surface area contributed by atoms with E-state index in [9.17, 15) is 19.5 Å². The molecule has 39 heavy (non-hydrogen) atoms. The molecule has 0 aromatic carbocycles. The molecule has 2 amide bonds. The van der Waals surface area contributed by atoms with E-state index in [0.29, 0.717) is 43.9 Å². The van der Waals surface area contributed by atoms with E-state index in [0.717, 1.165) is 11.1 Å². The molecule has 0 aliphatic carbocycles. The van der Waals surface area contributed by atoms with E-state index in [-0.39, 0.29) is 29.6 Å². The summed E-state index contributed by atoms with van der Waals surface area (Å²) in [5, 5.41) is 13.5. The predicted molar refractivity (Wildman–Crippen MR) is 150 cm³/mol. The third kappa shape index (κ3) is 8.02. The summed E-state index contributed by atoms with van der Waals surface area (Å²) < 4.78 is 5.94. The SMILES string of the molecule is C=C1Cc2ncc([nH]2)C(=O)N2CCC[C@@H]2C(=O)O[C@H](C(C)C)[C@H](C)/C=C/C(=O)NC/C=C/C(C)=C/[C@@H](O)[C@@H]1C. The zero-order valence-electron chi connectivity index (χ0n) is 23.6. The number of amides is 2. The summed E-state index contributed by atoms with van der Waals surface area (Å²) in [6.07, 6.45) is 10.5. The third-order valence-electron chi connectivity index (χ3n) is 7.38. The number of carbonyl (C=O) groups excluding carboxylic acids is 3. The molecular weight excluding hydrogens is 496 g/mol. The minimum Gasteiger partial charge on any atom is -0.460 e. The van der Waals surface area contributed by atoms with Crippen LogP contribution in [-0.4, -0.2) is 69.1 Å². The Bertz CT molecular complexity index is 1150. The van der Waals surface area contributed by atoms with Crippen LogP contribution in [0.5, 0.6) is 0 Å². The number of aromatic nitrogens is 2. The predicted octanol–water partition coefficient (Wildman–Crippen LogP) is 3.50. The van der Waals surface area contributed by atoms with Gasteiger partial charge in [-0.15, -0.1) is 0 Å². The largest absolute Gasteiger partial charge is 0.460 e. The molecule has 1 aromatic heterocycles. The van der Waals surface area contributed by atoms with Crippen molar-refractivity contribution in [2.24, 2.45) is 17.8 Å². The molecule has 2 aliphatic rings. The number of imidazole rings is 1. The van der Waals surface area contributed by atoms with Crippen molar-refractivity contribution in [2.75, 3.05) is 13.1 Å². The quantitative estimate of drug-likeness (QED) is 0.371. The Labute approximate surface area is 231 Å². The zero-order valence-corrected chi connectivity index (χ0v) is 23.6. The fourth-order valence-corrected chi connectivity index (χ4v) is 4.93. The van der Waals surface area contributed by atoms with E-state index < -0.39 is 24.2 Å². The van der Waals surface area contributed by atoms with E-state index in [4.69, 9.17) is 4.74 Å². The fourth-order valence-electron chi connectivity index (χ4n) is 4.93. The number of aliphatic hydroxyl groups is 1. The van der Waals surface area contributed by atoms with E-state index >= 15 is 0 Å². The number of ether oxygens (including phenoxy) is 1. The lowest BCUT2D eigenvalue weighted by Crippen LogP contribution is -2.44. The highest BCUT2D eigenvalue weighted by Crippen LogP contribution is 2.25. The number of fused-ring (bicyclic) bond motifs is 3. The molecule has 0 saturated carbocycles. The van der Waals surface area contributed by atoms with Crippen molar-refractivity contribution in [1.29, 1.82) is 0 Å². The second-order valence-electron chi connectivity index (χ2n) is 10.9. The Morgan fingerprint density at radius 2 is 1.95 bits per heavy atom. The molecule has 3 heterocycles. The number of carbonyl (C=O) groups is 3. The fraction of sp³-hybridized carbons (Fsp3) is 0.533. The van der Waals surface area contributed by atoms with Gasteiger partial charge in [-0.2, -0.15) is 0 Å². The lowest BCUT2D eigenvalue weighted by Gasteiger charge is -2.29. The summed E-state index contributed by atoms with van der Waals surface area (Å²) >= 11 is 0. The van der Waals surface area contributed by atoms with Crippen molar-refractivity contribution >= 4 is 17.8 Å². The van der Waals surface area contributed by atoms with E-state index in [1.807, 2.05) is 46.8 Å². The summed E-state index contributed by atoms with van der Waals surface area (Å²) in [5.41, 5.74) is 1.91. The van der Waals surface area contributed by atoms with Gasteiger partial charge in [-0.25, -0.2) is 9.78 Å². The number of cyclic esters (lactones) is 1. The van der Waals surface area contributed by atoms with Crippen molar-refractivity contribution in [1.82, 2.24) is 20.2 Å². The van der Waals surface area contributed by atoms with Crippen LogP contribution in [0.15, 0.2) is 54.3 Å². The second-order valence-corrected chi connectivity index (χ2v) is 10.9. The summed E-state index contributed by atoms with van der Waals surface area (Å²) in [6, 6.07) is -0.682. The number of hydrogen-bond acceptors (Lipinski definition) is 6. The summed E-state index contributed by atoms with van der Waals surface area (Å²) in [4.78, 5) is 47.9. The van der Waals surface area contributed by atoms with Crippen molar-refractivity contribution in [3.05, 3.63) is 65.8 Å². The normalized spacial score (nSPS) is 31.2. The summed E-state index contributed by atoms with van der Waals surface area (Å²) in [6.45, 7) is 14.5. The molecule has 212 valence electrons. The van der Waals surface area contributed by atoms with Gasteiger partial charge in [-0.3, -0.25) is 9.59 Å². The van der Waals surface area contributed by atoms with Crippen LogP contribution < -0.4 is 5.32 Å². The smallest absolute Gasteiger partial charge is 0.329 e. The number of rotatable bonds is 1. The molecule has 1 aromatic rings. The summed E-state index contributed by atoms with van der Waals surface area (Å²) in [7, 11) is 0. The minimum atomic E-state index is -0.760. The van der Waals surface area contributed by atoms with Gasteiger partial charge in [0, 0.05) is 31.3 Å². The monoisotopic (exact) mass is 538 g/mol. The lowest BCUT2D eigenvalue weighted by molar-refractivity contribution is -0.158. The highest BCUT2D eigenvalue weighted by molar-refractivity contribution is 5.95. The number of aromatic amines is 1. The first-order chi connectivity index (χ1) is 18.5. The molecule has 9 nitrogen and oxygen atoms in total. The van der Waals surface area contributed by atoms with Gasteiger partial charge in [0.2, 0.25) is 5.91 Å². The number of aliphatic hydroxyl groups excluding tert-OH is 1. The maximum Gasteiger partial charge on any atom is 0.329 e. The van der Waals surface area contributed by atoms with Crippen molar-refractivity contribution in [2.45, 2.75) is 72.1 Å². The number of nitrogens with one attached hydrogen (secondary N) is 2. The second kappa shape index (κ2) is 13.6. The molecule has 9 heteroatoms. The van der Waals surface area contributed by atoms with Gasteiger partial charge in [0.25, 0.3) is 5.91 Å². The van der Waals surface area contributed by atoms with E-state index in [2.05, 4.69) is 21.9 Å². The number of nitrogens with zero attached hydrogens (tertiary/aromatic N) is 2. The van der Waals surface area contributed by atoms with Gasteiger partial charge < -0.3 is 25.0 Å². The number of esters is 1. The van der Waals surface area contributed by atoms with Gasteiger partial charge >= 0.3 is 5.97 Å². The number of H-pyrrole nitrogens is 1. The molecule has 0 spiro atoms. The Morgan fingerprint density at radius 1 is 1.21 bits per heavy atom. The van der Waals surface area contributed by atoms with Gasteiger partial charge in [0.1, 0.15) is 23.7 Å². The van der Waals surface area contributed by atoms with Gasteiger partial charge in [0.15, 0.2) is 0 Å². The molecule has 1 saturated heterocycles. The first kappa shape index (κ1) is 30.1. The summed E-state index contributed by atoms with van der Waals surface area (Å²) in [5.74, 6) is -0.882. The topological polar surface area (TPSA) is 125 Å². The molecule has 0 unspecified atom stereocenters. The maximum atomic E-state index is 13.3. The van der Waals surface area contributed by atoms with E-state index in [1.165, 1.54) is 12.3 Å². The Morgan fingerprint density at radius 3 is 2.67 bits per heavy atom. The third-order valence-corrected chi connectivity index (χ3v) is 7.38. The molecular formula is C30H42N4O5. The molecule has 5 atom stereocenters. The van der Waals surface area contributed by atoms with Gasteiger partial charge in [-0.05, 0) is 31.8 Å². The van der Waals surface area contributed by atoms with Gasteiger partial charge in [0.05, 0.1) is 12.3 Å². The molecule has 3 N–H and O–H groups in total. The first-order valence-electron chi connectivity index (χ1n) is 13.7. The number of allylic oxidation sites excluding steroid dienone is 2. The Kier molecular flexibility index (Phi) is 10.5. The highest BCUT2D eigenvalue weighted by Gasteiger charge is 2.38. The average molecular weight is 539 g/mol. The van der Waals surface area contributed by atoms with Crippen molar-refractivity contribution in [3.63, 3.8) is 0 Å². The van der Waals surface area contributed by atoms with Crippen LogP contribution in [0, 0.1) is 17.8 Å². The molecule has 2 aliphatic heterocycles. The maximum absolute atomic E-state index is 13.3. The van der Waals surface area contributed by atoms with Crippen LogP contribution in [0.3, 0.4) is 0 Å². The Balaban J connectivity index is 1.88.